The highest BCUT2D eigenvalue weighted by molar-refractivity contribution is 5.86. The molecule has 5 nitrogen and oxygen atoms in total. The van der Waals surface area contributed by atoms with E-state index in [9.17, 15) is 5.11 Å². The predicted octanol–water partition coefficient (Wildman–Crippen LogP) is 3.13. The molecular formula is C18H15NO4. The summed E-state index contributed by atoms with van der Waals surface area (Å²) in [7, 11) is 1.62. The first-order valence-corrected chi connectivity index (χ1v) is 7.27. The van der Waals surface area contributed by atoms with Crippen LogP contribution < -0.4 is 14.2 Å². The molecule has 0 spiro atoms. The number of nitrogens with zero attached hydrogens (tertiary/aromatic N) is 1. The molecule has 2 aromatic carbocycles. The van der Waals surface area contributed by atoms with Gasteiger partial charge in [0.2, 0.25) is 6.79 Å². The number of benzene rings is 2. The lowest BCUT2D eigenvalue weighted by Gasteiger charge is -2.10. The molecule has 5 heteroatoms. The van der Waals surface area contributed by atoms with Crippen molar-refractivity contribution in [2.24, 2.45) is 0 Å². The van der Waals surface area contributed by atoms with Gasteiger partial charge in [-0.1, -0.05) is 0 Å². The average Bonchev–Trinajstić information content (AvgIpc) is 3.07. The molecule has 1 N–H and O–H groups in total. The van der Waals surface area contributed by atoms with E-state index in [0.29, 0.717) is 5.75 Å². The number of hydrogen-bond donors (Lipinski definition) is 1. The second-order valence-electron chi connectivity index (χ2n) is 5.28. The molecule has 4 rings (SSSR count). The minimum absolute atomic E-state index is 0.0527. The van der Waals surface area contributed by atoms with E-state index in [1.165, 1.54) is 0 Å². The third-order valence-electron chi connectivity index (χ3n) is 3.94. The average molecular weight is 309 g/mol. The Balaban J connectivity index is 1.89. The standard InChI is InChI=1S/C18H15NO4/c1-21-13-3-4-14-12(9-20)6-15(19-16(14)8-13)11-2-5-17-18(7-11)23-10-22-17/h2-8,20H,9-10H2,1H3. The van der Waals surface area contributed by atoms with Gasteiger partial charge in [0.15, 0.2) is 11.5 Å². The van der Waals surface area contributed by atoms with Gasteiger partial charge in [-0.25, -0.2) is 4.98 Å². The second kappa shape index (κ2) is 5.44. The molecule has 0 bridgehead atoms. The first-order chi connectivity index (χ1) is 11.3. The Morgan fingerprint density at radius 2 is 1.96 bits per heavy atom. The fourth-order valence-corrected chi connectivity index (χ4v) is 2.74. The fourth-order valence-electron chi connectivity index (χ4n) is 2.74. The Hall–Kier alpha value is -2.79. The summed E-state index contributed by atoms with van der Waals surface area (Å²) in [5, 5.41) is 10.6. The van der Waals surface area contributed by atoms with Crippen LogP contribution in [-0.2, 0) is 6.61 Å². The summed E-state index contributed by atoms with van der Waals surface area (Å²) >= 11 is 0. The number of aromatic nitrogens is 1. The van der Waals surface area contributed by atoms with Gasteiger partial charge in [0, 0.05) is 17.0 Å². The Kier molecular flexibility index (Phi) is 3.28. The fraction of sp³-hybridized carbons (Fsp3) is 0.167. The molecule has 0 atom stereocenters. The predicted molar refractivity (Wildman–Crippen MR) is 85.8 cm³/mol. The number of ether oxygens (including phenoxy) is 3. The van der Waals surface area contributed by atoms with Gasteiger partial charge < -0.3 is 19.3 Å². The molecule has 116 valence electrons. The van der Waals surface area contributed by atoms with Crippen LogP contribution >= 0.6 is 0 Å². The summed E-state index contributed by atoms with van der Waals surface area (Å²) in [4.78, 5) is 4.70. The van der Waals surface area contributed by atoms with E-state index in [1.54, 1.807) is 7.11 Å². The number of hydrogen-bond acceptors (Lipinski definition) is 5. The third-order valence-corrected chi connectivity index (χ3v) is 3.94. The highest BCUT2D eigenvalue weighted by Gasteiger charge is 2.15. The molecular weight excluding hydrogens is 294 g/mol. The van der Waals surface area contributed by atoms with Crippen molar-refractivity contribution in [1.29, 1.82) is 0 Å². The minimum atomic E-state index is -0.0527. The number of fused-ring (bicyclic) bond motifs is 2. The van der Waals surface area contributed by atoms with Gasteiger partial charge in [0.05, 0.1) is 24.9 Å². The van der Waals surface area contributed by atoms with Crippen LogP contribution in [0.15, 0.2) is 42.5 Å². The summed E-state index contributed by atoms with van der Waals surface area (Å²) in [5.41, 5.74) is 3.29. The molecule has 0 aliphatic carbocycles. The molecule has 0 radical (unpaired) electrons. The second-order valence-corrected chi connectivity index (χ2v) is 5.28. The third kappa shape index (κ3) is 2.35. The maximum Gasteiger partial charge on any atom is 0.231 e. The first-order valence-electron chi connectivity index (χ1n) is 7.27. The van der Waals surface area contributed by atoms with Gasteiger partial charge >= 0.3 is 0 Å². The van der Waals surface area contributed by atoms with Crippen molar-refractivity contribution < 1.29 is 19.3 Å². The van der Waals surface area contributed by atoms with Crippen LogP contribution in [0.3, 0.4) is 0 Å². The monoisotopic (exact) mass is 309 g/mol. The molecule has 0 amide bonds. The Morgan fingerprint density at radius 1 is 1.09 bits per heavy atom. The van der Waals surface area contributed by atoms with Crippen LogP contribution in [0.1, 0.15) is 5.56 Å². The molecule has 1 aromatic heterocycles. The van der Waals surface area contributed by atoms with E-state index in [4.69, 9.17) is 19.2 Å². The van der Waals surface area contributed by atoms with Crippen molar-refractivity contribution in [3.05, 3.63) is 48.0 Å². The maximum absolute atomic E-state index is 9.68. The van der Waals surface area contributed by atoms with Gasteiger partial charge in [-0.2, -0.15) is 0 Å². The number of rotatable bonds is 3. The number of pyridine rings is 1. The largest absolute Gasteiger partial charge is 0.497 e. The van der Waals surface area contributed by atoms with E-state index in [2.05, 4.69) is 0 Å². The highest BCUT2D eigenvalue weighted by Crippen LogP contribution is 2.36. The summed E-state index contributed by atoms with van der Waals surface area (Å²) in [5.74, 6) is 2.18. The molecule has 0 fully saturated rings. The highest BCUT2D eigenvalue weighted by atomic mass is 16.7. The van der Waals surface area contributed by atoms with Gasteiger partial charge in [0.1, 0.15) is 5.75 Å². The zero-order chi connectivity index (χ0) is 15.8. The lowest BCUT2D eigenvalue weighted by Crippen LogP contribution is -1.94. The van der Waals surface area contributed by atoms with E-state index >= 15 is 0 Å². The van der Waals surface area contributed by atoms with Crippen LogP contribution in [0.5, 0.6) is 17.2 Å². The number of aliphatic hydroxyl groups is 1. The molecule has 2 heterocycles. The number of methoxy groups -OCH3 is 1. The van der Waals surface area contributed by atoms with E-state index in [0.717, 1.165) is 39.2 Å². The topological polar surface area (TPSA) is 60.8 Å². The summed E-state index contributed by atoms with van der Waals surface area (Å²) in [6.07, 6.45) is 0. The van der Waals surface area contributed by atoms with Crippen molar-refractivity contribution >= 4 is 10.9 Å². The minimum Gasteiger partial charge on any atom is -0.497 e. The smallest absolute Gasteiger partial charge is 0.231 e. The zero-order valence-electron chi connectivity index (χ0n) is 12.6. The first kappa shape index (κ1) is 13.8. The van der Waals surface area contributed by atoms with E-state index < -0.39 is 0 Å². The van der Waals surface area contributed by atoms with Crippen molar-refractivity contribution in [2.75, 3.05) is 13.9 Å². The van der Waals surface area contributed by atoms with Crippen LogP contribution in [0.4, 0.5) is 0 Å². The molecule has 1 aliphatic rings. The van der Waals surface area contributed by atoms with Crippen LogP contribution in [0.2, 0.25) is 0 Å². The molecule has 0 saturated carbocycles. The molecule has 0 unspecified atom stereocenters. The Labute approximate surface area is 133 Å². The normalized spacial score (nSPS) is 12.6. The molecule has 3 aromatic rings. The van der Waals surface area contributed by atoms with Crippen molar-refractivity contribution in [1.82, 2.24) is 4.98 Å². The zero-order valence-corrected chi connectivity index (χ0v) is 12.6. The van der Waals surface area contributed by atoms with Crippen molar-refractivity contribution in [3.8, 4) is 28.5 Å². The maximum atomic E-state index is 9.68. The molecule has 23 heavy (non-hydrogen) atoms. The van der Waals surface area contributed by atoms with E-state index in [1.807, 2.05) is 42.5 Å². The van der Waals surface area contributed by atoms with Gasteiger partial charge in [-0.15, -0.1) is 0 Å². The van der Waals surface area contributed by atoms with Crippen LogP contribution in [0, 0.1) is 0 Å². The number of aliphatic hydroxyl groups excluding tert-OH is 1. The summed E-state index contributed by atoms with van der Waals surface area (Å²) < 4.78 is 16.0. The van der Waals surface area contributed by atoms with Gasteiger partial charge in [0.25, 0.3) is 0 Å². The van der Waals surface area contributed by atoms with Crippen molar-refractivity contribution in [3.63, 3.8) is 0 Å². The summed E-state index contributed by atoms with van der Waals surface area (Å²) in [6.45, 7) is 0.186. The quantitative estimate of drug-likeness (QED) is 0.805. The Morgan fingerprint density at radius 3 is 2.78 bits per heavy atom. The van der Waals surface area contributed by atoms with Crippen LogP contribution in [0.25, 0.3) is 22.2 Å². The van der Waals surface area contributed by atoms with Crippen LogP contribution in [-0.4, -0.2) is 24.0 Å². The Bertz CT molecular complexity index is 892. The van der Waals surface area contributed by atoms with Gasteiger partial charge in [-0.3, -0.25) is 0 Å². The molecule has 0 saturated heterocycles. The lowest BCUT2D eigenvalue weighted by molar-refractivity contribution is 0.174. The SMILES string of the molecule is COc1ccc2c(CO)cc(-c3ccc4c(c3)OCO4)nc2c1. The lowest BCUT2D eigenvalue weighted by atomic mass is 10.0. The van der Waals surface area contributed by atoms with Crippen molar-refractivity contribution in [2.45, 2.75) is 6.61 Å². The van der Waals surface area contributed by atoms with Gasteiger partial charge in [-0.05, 0) is 42.0 Å². The summed E-state index contributed by atoms with van der Waals surface area (Å²) in [6, 6.07) is 13.2. The van der Waals surface area contributed by atoms with E-state index in [-0.39, 0.29) is 13.4 Å². The molecule has 1 aliphatic heterocycles.